The van der Waals surface area contributed by atoms with Crippen molar-refractivity contribution in [2.75, 3.05) is 27.4 Å². The highest BCUT2D eigenvalue weighted by Gasteiger charge is 2.49. The number of nitrogens with zero attached hydrogens (tertiary/aromatic N) is 3. The van der Waals surface area contributed by atoms with Gasteiger partial charge in [0.15, 0.2) is 0 Å². The maximum atomic E-state index is 14.2. The molecule has 1 aromatic carbocycles. The predicted octanol–water partition coefficient (Wildman–Crippen LogP) is 3.53. The molecule has 0 saturated heterocycles. The average molecular weight is 477 g/mol. The highest BCUT2D eigenvalue weighted by atomic mass is 16.5. The first-order valence-electron chi connectivity index (χ1n) is 12.1. The minimum atomic E-state index is -1.08. The number of carbonyl (C=O) groups excluding carboxylic acids is 2. The molecule has 3 aromatic rings. The molecule has 2 aliphatic rings. The van der Waals surface area contributed by atoms with Gasteiger partial charge in [-0.2, -0.15) is 0 Å². The molecule has 5 rings (SSSR count). The Morgan fingerprint density at radius 2 is 2.03 bits per heavy atom. The zero-order valence-corrected chi connectivity index (χ0v) is 20.5. The number of fused-ring (bicyclic) bond motifs is 3. The van der Waals surface area contributed by atoms with Gasteiger partial charge in [-0.3, -0.25) is 9.59 Å². The Balaban J connectivity index is 1.66. The minimum Gasteiger partial charge on any atom is -0.497 e. The number of ether oxygens (including phenoxy) is 2. The second-order valence-corrected chi connectivity index (χ2v) is 9.42. The van der Waals surface area contributed by atoms with E-state index in [4.69, 9.17) is 9.47 Å². The lowest BCUT2D eigenvalue weighted by molar-refractivity contribution is -0.133. The number of nitrogens with one attached hydrogen (secondary N) is 1. The maximum absolute atomic E-state index is 14.2. The number of carbonyl (C=O) groups is 2. The van der Waals surface area contributed by atoms with Gasteiger partial charge >= 0.3 is 0 Å². The van der Waals surface area contributed by atoms with Crippen LogP contribution in [0.25, 0.3) is 16.6 Å². The van der Waals surface area contributed by atoms with Gasteiger partial charge in [-0.05, 0) is 56.5 Å². The van der Waals surface area contributed by atoms with Crippen molar-refractivity contribution in [3.8, 4) is 11.4 Å². The summed E-state index contributed by atoms with van der Waals surface area (Å²) >= 11 is 0. The summed E-state index contributed by atoms with van der Waals surface area (Å²) in [6, 6.07) is 9.65. The molecule has 1 N–H and O–H groups in total. The van der Waals surface area contributed by atoms with E-state index in [0.29, 0.717) is 31.1 Å². The SMILES string of the molecule is COCCN1C(=O)c2c(-n3cccc3)c3cc(OC)ccc3n2CC1(C)C(=O)NC1C=CCCC1. The summed E-state index contributed by atoms with van der Waals surface area (Å²) in [7, 11) is 3.23. The van der Waals surface area contributed by atoms with E-state index in [1.165, 1.54) is 0 Å². The molecule has 184 valence electrons. The van der Waals surface area contributed by atoms with Crippen molar-refractivity contribution >= 4 is 22.7 Å². The Hall–Kier alpha value is -3.52. The Labute approximate surface area is 205 Å². The minimum absolute atomic E-state index is 0.0186. The van der Waals surface area contributed by atoms with Crippen molar-refractivity contribution < 1.29 is 19.1 Å². The van der Waals surface area contributed by atoms with Crippen LogP contribution in [0.4, 0.5) is 0 Å². The zero-order valence-electron chi connectivity index (χ0n) is 20.5. The second-order valence-electron chi connectivity index (χ2n) is 9.42. The highest BCUT2D eigenvalue weighted by molar-refractivity contribution is 6.09. The number of hydrogen-bond donors (Lipinski definition) is 1. The summed E-state index contributed by atoms with van der Waals surface area (Å²) in [5.74, 6) is 0.369. The molecule has 0 fully saturated rings. The van der Waals surface area contributed by atoms with Gasteiger partial charge in [0.25, 0.3) is 5.91 Å². The molecule has 0 spiro atoms. The van der Waals surface area contributed by atoms with Crippen LogP contribution in [0.3, 0.4) is 0 Å². The molecule has 2 aromatic heterocycles. The second kappa shape index (κ2) is 9.26. The fourth-order valence-corrected chi connectivity index (χ4v) is 5.30. The maximum Gasteiger partial charge on any atom is 0.273 e. The van der Waals surface area contributed by atoms with Crippen molar-refractivity contribution in [2.45, 2.75) is 44.3 Å². The summed E-state index contributed by atoms with van der Waals surface area (Å²) in [4.78, 5) is 29.6. The number of rotatable bonds is 7. The molecule has 35 heavy (non-hydrogen) atoms. The molecule has 1 aliphatic carbocycles. The summed E-state index contributed by atoms with van der Waals surface area (Å²) in [5.41, 5.74) is 1.16. The molecule has 2 amide bonds. The van der Waals surface area contributed by atoms with Gasteiger partial charge in [0, 0.05) is 37.5 Å². The highest BCUT2D eigenvalue weighted by Crippen LogP contribution is 2.39. The molecule has 2 unspecified atom stereocenters. The van der Waals surface area contributed by atoms with Crippen LogP contribution in [0.2, 0.25) is 0 Å². The Morgan fingerprint density at radius 3 is 2.71 bits per heavy atom. The molecular weight excluding hydrogens is 444 g/mol. The third-order valence-electron chi connectivity index (χ3n) is 7.19. The Morgan fingerprint density at radius 1 is 1.23 bits per heavy atom. The molecule has 0 saturated carbocycles. The van der Waals surface area contributed by atoms with Crippen LogP contribution in [0.15, 0.2) is 54.9 Å². The number of methoxy groups -OCH3 is 2. The largest absolute Gasteiger partial charge is 0.497 e. The van der Waals surface area contributed by atoms with Crippen LogP contribution < -0.4 is 10.1 Å². The number of benzene rings is 1. The predicted molar refractivity (Wildman–Crippen MR) is 134 cm³/mol. The normalized spacial score (nSPS) is 21.9. The van der Waals surface area contributed by atoms with Crippen molar-refractivity contribution in [3.63, 3.8) is 0 Å². The fourth-order valence-electron chi connectivity index (χ4n) is 5.30. The van der Waals surface area contributed by atoms with Crippen molar-refractivity contribution in [2.24, 2.45) is 0 Å². The van der Waals surface area contributed by atoms with E-state index in [-0.39, 0.29) is 17.9 Å². The molecule has 1 aliphatic heterocycles. The number of amides is 2. The molecule has 8 nitrogen and oxygen atoms in total. The van der Waals surface area contributed by atoms with Crippen LogP contribution in [-0.4, -0.2) is 64.8 Å². The van der Waals surface area contributed by atoms with E-state index >= 15 is 0 Å². The summed E-state index contributed by atoms with van der Waals surface area (Å²) < 4.78 is 14.8. The topological polar surface area (TPSA) is 77.7 Å². The van der Waals surface area contributed by atoms with Crippen LogP contribution >= 0.6 is 0 Å². The molecular formula is C27H32N4O4. The van der Waals surface area contributed by atoms with Gasteiger partial charge in [-0.25, -0.2) is 0 Å². The summed E-state index contributed by atoms with van der Waals surface area (Å²) in [6.07, 6.45) is 11.0. The Bertz CT molecular complexity index is 1280. The molecule has 3 heterocycles. The van der Waals surface area contributed by atoms with E-state index in [9.17, 15) is 9.59 Å². The number of aromatic nitrogens is 2. The fraction of sp³-hybridized carbons (Fsp3) is 0.407. The van der Waals surface area contributed by atoms with Crippen LogP contribution in [0.1, 0.15) is 36.7 Å². The van der Waals surface area contributed by atoms with E-state index in [1.807, 2.05) is 58.8 Å². The van der Waals surface area contributed by atoms with Gasteiger partial charge in [-0.1, -0.05) is 12.2 Å². The van der Waals surface area contributed by atoms with E-state index in [2.05, 4.69) is 17.5 Å². The van der Waals surface area contributed by atoms with Gasteiger partial charge < -0.3 is 28.8 Å². The van der Waals surface area contributed by atoms with Gasteiger partial charge in [-0.15, -0.1) is 0 Å². The van der Waals surface area contributed by atoms with E-state index < -0.39 is 5.54 Å². The molecule has 8 heteroatoms. The molecule has 0 bridgehead atoms. The van der Waals surface area contributed by atoms with Crippen LogP contribution in [0, 0.1) is 0 Å². The number of allylic oxidation sites excluding steroid dienone is 1. The quantitative estimate of drug-likeness (QED) is 0.530. The lowest BCUT2D eigenvalue weighted by Crippen LogP contribution is -2.65. The van der Waals surface area contributed by atoms with Crippen molar-refractivity contribution in [1.29, 1.82) is 0 Å². The summed E-state index contributed by atoms with van der Waals surface area (Å²) in [6.45, 7) is 2.85. The van der Waals surface area contributed by atoms with E-state index in [1.54, 1.807) is 19.1 Å². The lowest BCUT2D eigenvalue weighted by Gasteiger charge is -2.44. The van der Waals surface area contributed by atoms with Gasteiger partial charge in [0.05, 0.1) is 31.5 Å². The first-order valence-corrected chi connectivity index (χ1v) is 12.1. The first-order chi connectivity index (χ1) is 17.0. The smallest absolute Gasteiger partial charge is 0.273 e. The lowest BCUT2D eigenvalue weighted by atomic mass is 9.93. The monoisotopic (exact) mass is 476 g/mol. The third-order valence-corrected chi connectivity index (χ3v) is 7.19. The van der Waals surface area contributed by atoms with Crippen LogP contribution in [0.5, 0.6) is 5.75 Å². The van der Waals surface area contributed by atoms with Crippen molar-refractivity contribution in [3.05, 3.63) is 60.6 Å². The average Bonchev–Trinajstić information content (AvgIpc) is 3.50. The zero-order chi connectivity index (χ0) is 24.6. The molecule has 2 atom stereocenters. The number of hydrogen-bond acceptors (Lipinski definition) is 4. The summed E-state index contributed by atoms with van der Waals surface area (Å²) in [5, 5.41) is 4.09. The van der Waals surface area contributed by atoms with Gasteiger partial charge in [0.1, 0.15) is 17.0 Å². The standard InChI is InChI=1S/C27H32N4O4/c1-27(26(33)28-19-9-5-4-6-10-19)18-30-22-12-11-20(35-3)17-21(22)23(29-13-7-8-14-29)24(30)25(32)31(27)15-16-34-2/h5,7-9,11-14,17,19H,4,6,10,15-16,18H2,1-3H3,(H,28,33). The van der Waals surface area contributed by atoms with E-state index in [0.717, 1.165) is 35.9 Å². The van der Waals surface area contributed by atoms with Crippen molar-refractivity contribution in [1.82, 2.24) is 19.4 Å². The first kappa shape index (κ1) is 23.2. The molecule has 0 radical (unpaired) electrons. The van der Waals surface area contributed by atoms with Crippen LogP contribution in [-0.2, 0) is 16.1 Å². The third kappa shape index (κ3) is 3.91. The van der Waals surface area contributed by atoms with Gasteiger partial charge in [0.2, 0.25) is 5.91 Å². The Kier molecular flexibility index (Phi) is 6.15.